The van der Waals surface area contributed by atoms with Gasteiger partial charge in [0.1, 0.15) is 12.7 Å². The van der Waals surface area contributed by atoms with E-state index in [1.807, 2.05) is 13.8 Å². The van der Waals surface area contributed by atoms with Gasteiger partial charge < -0.3 is 14.2 Å². The highest BCUT2D eigenvalue weighted by Crippen LogP contribution is 2.38. The summed E-state index contributed by atoms with van der Waals surface area (Å²) in [5.41, 5.74) is 0. The summed E-state index contributed by atoms with van der Waals surface area (Å²) in [6, 6.07) is 0. The van der Waals surface area contributed by atoms with Crippen LogP contribution >= 0.6 is 0 Å². The zero-order chi connectivity index (χ0) is 14.0. The van der Waals surface area contributed by atoms with E-state index < -0.39 is 5.79 Å². The second-order valence-electron chi connectivity index (χ2n) is 6.43. The van der Waals surface area contributed by atoms with Crippen LogP contribution in [-0.4, -0.2) is 31.1 Å². The Labute approximate surface area is 115 Å². The van der Waals surface area contributed by atoms with Gasteiger partial charge in [-0.15, -0.1) is 0 Å². The van der Waals surface area contributed by atoms with Gasteiger partial charge in [-0.2, -0.15) is 0 Å². The van der Waals surface area contributed by atoms with E-state index in [1.165, 1.54) is 0 Å². The maximum Gasteiger partial charge on any atom is 0.309 e. The molecule has 4 heteroatoms. The SMILES string of the molecule is CCC1CC(C)CC1C(=O)OCC1COC(C)(C)O1. The van der Waals surface area contributed by atoms with Crippen LogP contribution < -0.4 is 0 Å². The van der Waals surface area contributed by atoms with Gasteiger partial charge >= 0.3 is 5.97 Å². The van der Waals surface area contributed by atoms with Gasteiger partial charge in [0.25, 0.3) is 0 Å². The maximum atomic E-state index is 12.2. The minimum Gasteiger partial charge on any atom is -0.463 e. The molecule has 4 atom stereocenters. The molecule has 0 bridgehead atoms. The molecule has 1 aliphatic carbocycles. The lowest BCUT2D eigenvalue weighted by atomic mass is 9.94. The van der Waals surface area contributed by atoms with Crippen molar-refractivity contribution in [2.45, 2.75) is 58.8 Å². The van der Waals surface area contributed by atoms with Crippen molar-refractivity contribution in [1.82, 2.24) is 0 Å². The van der Waals surface area contributed by atoms with Crippen molar-refractivity contribution in [3.63, 3.8) is 0 Å². The van der Waals surface area contributed by atoms with Crippen molar-refractivity contribution < 1.29 is 19.0 Å². The highest BCUT2D eigenvalue weighted by molar-refractivity contribution is 5.73. The van der Waals surface area contributed by atoms with Crippen molar-refractivity contribution in [3.8, 4) is 0 Å². The molecule has 1 aliphatic heterocycles. The van der Waals surface area contributed by atoms with E-state index >= 15 is 0 Å². The van der Waals surface area contributed by atoms with Crippen LogP contribution in [0.3, 0.4) is 0 Å². The first-order valence-corrected chi connectivity index (χ1v) is 7.39. The lowest BCUT2D eigenvalue weighted by molar-refractivity contribution is -0.162. The van der Waals surface area contributed by atoms with Crippen LogP contribution in [0.5, 0.6) is 0 Å². The molecule has 1 saturated heterocycles. The number of hydrogen-bond donors (Lipinski definition) is 0. The number of hydrogen-bond acceptors (Lipinski definition) is 4. The summed E-state index contributed by atoms with van der Waals surface area (Å²) in [7, 11) is 0. The summed E-state index contributed by atoms with van der Waals surface area (Å²) in [4.78, 5) is 12.2. The molecule has 0 aromatic heterocycles. The predicted molar refractivity (Wildman–Crippen MR) is 71.5 cm³/mol. The molecule has 4 nitrogen and oxygen atoms in total. The van der Waals surface area contributed by atoms with E-state index in [4.69, 9.17) is 14.2 Å². The van der Waals surface area contributed by atoms with E-state index in [2.05, 4.69) is 13.8 Å². The van der Waals surface area contributed by atoms with Crippen molar-refractivity contribution in [3.05, 3.63) is 0 Å². The molecule has 0 N–H and O–H groups in total. The Balaban J connectivity index is 1.78. The summed E-state index contributed by atoms with van der Waals surface area (Å²) in [6.45, 7) is 8.93. The highest BCUT2D eigenvalue weighted by atomic mass is 16.7. The standard InChI is InChI=1S/C15H26O4/c1-5-11-6-10(2)7-13(11)14(16)17-8-12-9-18-15(3,4)19-12/h10-13H,5-9H2,1-4H3. The van der Waals surface area contributed by atoms with Crippen LogP contribution in [0.15, 0.2) is 0 Å². The third-order valence-corrected chi connectivity index (χ3v) is 4.24. The highest BCUT2D eigenvalue weighted by Gasteiger charge is 2.38. The molecule has 0 amide bonds. The minimum absolute atomic E-state index is 0.0514. The predicted octanol–water partition coefficient (Wildman–Crippen LogP) is 2.75. The summed E-state index contributed by atoms with van der Waals surface area (Å²) in [5, 5.41) is 0. The topological polar surface area (TPSA) is 44.8 Å². The van der Waals surface area contributed by atoms with Crippen molar-refractivity contribution in [2.75, 3.05) is 13.2 Å². The second-order valence-corrected chi connectivity index (χ2v) is 6.43. The third-order valence-electron chi connectivity index (χ3n) is 4.24. The normalized spacial score (nSPS) is 37.5. The number of carbonyl (C=O) groups is 1. The number of rotatable bonds is 4. The van der Waals surface area contributed by atoms with Crippen LogP contribution in [0.4, 0.5) is 0 Å². The van der Waals surface area contributed by atoms with E-state index in [0.29, 0.717) is 25.0 Å². The van der Waals surface area contributed by atoms with E-state index in [9.17, 15) is 4.79 Å². The Morgan fingerprint density at radius 1 is 1.37 bits per heavy atom. The molecule has 2 aliphatic rings. The van der Waals surface area contributed by atoms with Gasteiger partial charge in [-0.3, -0.25) is 4.79 Å². The van der Waals surface area contributed by atoms with Crippen LogP contribution in [0.2, 0.25) is 0 Å². The molecule has 1 heterocycles. The fourth-order valence-electron chi connectivity index (χ4n) is 3.27. The molecule has 1 saturated carbocycles. The first-order valence-electron chi connectivity index (χ1n) is 7.39. The van der Waals surface area contributed by atoms with Gasteiger partial charge in [-0.1, -0.05) is 20.3 Å². The van der Waals surface area contributed by atoms with E-state index in [-0.39, 0.29) is 18.0 Å². The van der Waals surface area contributed by atoms with Crippen LogP contribution in [0.25, 0.3) is 0 Å². The maximum absolute atomic E-state index is 12.2. The van der Waals surface area contributed by atoms with Crippen LogP contribution in [-0.2, 0) is 19.0 Å². The Morgan fingerprint density at radius 3 is 2.68 bits per heavy atom. The zero-order valence-electron chi connectivity index (χ0n) is 12.5. The van der Waals surface area contributed by atoms with Crippen molar-refractivity contribution in [1.29, 1.82) is 0 Å². The van der Waals surface area contributed by atoms with E-state index in [1.54, 1.807) is 0 Å². The molecule has 0 aromatic rings. The first kappa shape index (κ1) is 14.8. The second kappa shape index (κ2) is 5.80. The molecule has 0 spiro atoms. The van der Waals surface area contributed by atoms with Gasteiger partial charge in [0, 0.05) is 0 Å². The monoisotopic (exact) mass is 270 g/mol. The lowest BCUT2D eigenvalue weighted by Crippen LogP contribution is -2.28. The van der Waals surface area contributed by atoms with Crippen molar-refractivity contribution in [2.24, 2.45) is 17.8 Å². The zero-order valence-corrected chi connectivity index (χ0v) is 12.5. The van der Waals surface area contributed by atoms with Crippen LogP contribution in [0.1, 0.15) is 47.0 Å². The smallest absolute Gasteiger partial charge is 0.309 e. The summed E-state index contributed by atoms with van der Waals surface area (Å²) >= 11 is 0. The lowest BCUT2D eigenvalue weighted by Gasteiger charge is -2.19. The van der Waals surface area contributed by atoms with Gasteiger partial charge in [0.15, 0.2) is 5.79 Å². The molecular formula is C15H26O4. The summed E-state index contributed by atoms with van der Waals surface area (Å²) in [6.07, 6.45) is 3.04. The summed E-state index contributed by atoms with van der Waals surface area (Å²) in [5.74, 6) is 0.595. The molecule has 19 heavy (non-hydrogen) atoms. The Kier molecular flexibility index (Phi) is 4.51. The minimum atomic E-state index is -0.551. The van der Waals surface area contributed by atoms with Crippen LogP contribution in [0, 0.1) is 17.8 Å². The summed E-state index contributed by atoms with van der Waals surface area (Å²) < 4.78 is 16.5. The molecule has 0 radical (unpaired) electrons. The van der Waals surface area contributed by atoms with Gasteiger partial charge in [0.05, 0.1) is 12.5 Å². The quantitative estimate of drug-likeness (QED) is 0.737. The number of ether oxygens (including phenoxy) is 3. The molecule has 0 aromatic carbocycles. The number of esters is 1. The molecule has 110 valence electrons. The van der Waals surface area contributed by atoms with Gasteiger partial charge in [0.2, 0.25) is 0 Å². The molecule has 2 fully saturated rings. The Morgan fingerprint density at radius 2 is 2.11 bits per heavy atom. The Hall–Kier alpha value is -0.610. The fourth-order valence-corrected chi connectivity index (χ4v) is 3.27. The third kappa shape index (κ3) is 3.69. The average molecular weight is 270 g/mol. The Bertz CT molecular complexity index is 326. The molecule has 4 unspecified atom stereocenters. The number of carbonyl (C=O) groups excluding carboxylic acids is 1. The molecular weight excluding hydrogens is 244 g/mol. The van der Waals surface area contributed by atoms with Gasteiger partial charge in [-0.25, -0.2) is 0 Å². The largest absolute Gasteiger partial charge is 0.463 e. The first-order chi connectivity index (χ1) is 8.91. The molecule has 2 rings (SSSR count). The van der Waals surface area contributed by atoms with Crippen molar-refractivity contribution >= 4 is 5.97 Å². The average Bonchev–Trinajstić information content (AvgIpc) is 2.89. The van der Waals surface area contributed by atoms with Gasteiger partial charge in [-0.05, 0) is 38.5 Å². The van der Waals surface area contributed by atoms with E-state index in [0.717, 1.165) is 19.3 Å². The fraction of sp³-hybridized carbons (Fsp3) is 0.933.